The highest BCUT2D eigenvalue weighted by Gasteiger charge is 2.20. The highest BCUT2D eigenvalue weighted by molar-refractivity contribution is 7.13. The number of anilines is 1. The molecule has 24 heavy (non-hydrogen) atoms. The molecule has 0 spiro atoms. The van der Waals surface area contributed by atoms with Crippen molar-refractivity contribution in [2.24, 2.45) is 0 Å². The SMILES string of the molecule is Cc1ccc(-n2cnnn2)cc1NC(=O)c1cnc(C(C)(C)C)s1. The van der Waals surface area contributed by atoms with Crippen molar-refractivity contribution in [2.75, 3.05) is 5.32 Å². The minimum absolute atomic E-state index is 0.0703. The first-order valence-corrected chi connectivity index (χ1v) is 8.28. The summed E-state index contributed by atoms with van der Waals surface area (Å²) in [5, 5.41) is 15.0. The summed E-state index contributed by atoms with van der Waals surface area (Å²) in [5.41, 5.74) is 2.39. The molecule has 1 aromatic carbocycles. The number of nitrogens with one attached hydrogen (secondary N) is 1. The highest BCUT2D eigenvalue weighted by atomic mass is 32.1. The predicted molar refractivity (Wildman–Crippen MR) is 92.7 cm³/mol. The lowest BCUT2D eigenvalue weighted by molar-refractivity contribution is 0.103. The quantitative estimate of drug-likeness (QED) is 0.791. The number of amides is 1. The van der Waals surface area contributed by atoms with E-state index < -0.39 is 0 Å². The zero-order chi connectivity index (χ0) is 17.3. The minimum atomic E-state index is -0.167. The van der Waals surface area contributed by atoms with Crippen LogP contribution in [-0.4, -0.2) is 31.1 Å². The van der Waals surface area contributed by atoms with Crippen molar-refractivity contribution in [1.29, 1.82) is 0 Å². The summed E-state index contributed by atoms with van der Waals surface area (Å²) < 4.78 is 1.54. The van der Waals surface area contributed by atoms with Gasteiger partial charge in [-0.2, -0.15) is 0 Å². The van der Waals surface area contributed by atoms with E-state index in [1.165, 1.54) is 17.7 Å². The van der Waals surface area contributed by atoms with Gasteiger partial charge in [0, 0.05) is 11.1 Å². The van der Waals surface area contributed by atoms with Gasteiger partial charge in [0.2, 0.25) is 0 Å². The summed E-state index contributed by atoms with van der Waals surface area (Å²) >= 11 is 1.41. The molecule has 0 aliphatic carbocycles. The number of rotatable bonds is 3. The first-order chi connectivity index (χ1) is 11.3. The van der Waals surface area contributed by atoms with Crippen molar-refractivity contribution in [3.8, 4) is 5.69 Å². The molecule has 7 nitrogen and oxygen atoms in total. The number of carbonyl (C=O) groups is 1. The number of hydrogen-bond donors (Lipinski definition) is 1. The fourth-order valence-electron chi connectivity index (χ4n) is 2.08. The Balaban J connectivity index is 1.84. The number of thiazole rings is 1. The van der Waals surface area contributed by atoms with Gasteiger partial charge in [-0.05, 0) is 35.0 Å². The number of tetrazole rings is 1. The van der Waals surface area contributed by atoms with Gasteiger partial charge in [-0.1, -0.05) is 26.8 Å². The maximum atomic E-state index is 12.5. The molecule has 3 aromatic rings. The summed E-state index contributed by atoms with van der Waals surface area (Å²) in [6.07, 6.45) is 3.14. The minimum Gasteiger partial charge on any atom is -0.321 e. The molecule has 1 N–H and O–H groups in total. The van der Waals surface area contributed by atoms with Crippen LogP contribution < -0.4 is 5.32 Å². The van der Waals surface area contributed by atoms with Gasteiger partial charge in [-0.25, -0.2) is 9.67 Å². The molecule has 1 amide bonds. The molecule has 0 saturated carbocycles. The smallest absolute Gasteiger partial charge is 0.267 e. The molecule has 0 unspecified atom stereocenters. The highest BCUT2D eigenvalue weighted by Crippen LogP contribution is 2.27. The third-order valence-corrected chi connectivity index (χ3v) is 4.88. The van der Waals surface area contributed by atoms with Crippen molar-refractivity contribution < 1.29 is 4.79 Å². The van der Waals surface area contributed by atoms with Gasteiger partial charge in [-0.15, -0.1) is 16.4 Å². The lowest BCUT2D eigenvalue weighted by Crippen LogP contribution is -2.12. The zero-order valence-corrected chi connectivity index (χ0v) is 14.8. The van der Waals surface area contributed by atoms with Gasteiger partial charge in [0.05, 0.1) is 16.9 Å². The summed E-state index contributed by atoms with van der Waals surface area (Å²) in [6.45, 7) is 8.17. The van der Waals surface area contributed by atoms with E-state index in [9.17, 15) is 4.79 Å². The fourth-order valence-corrected chi connectivity index (χ4v) is 2.95. The van der Waals surface area contributed by atoms with E-state index in [2.05, 4.69) is 46.6 Å². The molecule has 0 aliphatic heterocycles. The Morgan fingerprint density at radius 1 is 1.29 bits per heavy atom. The molecular formula is C16H18N6OS. The number of benzene rings is 1. The van der Waals surface area contributed by atoms with Crippen molar-refractivity contribution in [3.63, 3.8) is 0 Å². The van der Waals surface area contributed by atoms with E-state index in [4.69, 9.17) is 0 Å². The van der Waals surface area contributed by atoms with Crippen molar-refractivity contribution in [1.82, 2.24) is 25.2 Å². The molecule has 0 fully saturated rings. The Labute approximate surface area is 143 Å². The van der Waals surface area contributed by atoms with Crippen LogP contribution in [0, 0.1) is 6.92 Å². The largest absolute Gasteiger partial charge is 0.321 e. The van der Waals surface area contributed by atoms with E-state index >= 15 is 0 Å². The van der Waals surface area contributed by atoms with Crippen LogP contribution in [0.15, 0.2) is 30.7 Å². The molecule has 0 bridgehead atoms. The van der Waals surface area contributed by atoms with Gasteiger partial charge in [0.15, 0.2) is 0 Å². The number of hydrogen-bond acceptors (Lipinski definition) is 6. The molecule has 8 heteroatoms. The number of aromatic nitrogens is 5. The van der Waals surface area contributed by atoms with Crippen LogP contribution in [0.2, 0.25) is 0 Å². The average Bonchev–Trinajstić information content (AvgIpc) is 3.20. The van der Waals surface area contributed by atoms with Crippen molar-refractivity contribution in [2.45, 2.75) is 33.1 Å². The Morgan fingerprint density at radius 3 is 2.71 bits per heavy atom. The van der Waals surface area contributed by atoms with Crippen LogP contribution >= 0.6 is 11.3 Å². The first kappa shape index (κ1) is 16.3. The zero-order valence-electron chi connectivity index (χ0n) is 13.9. The van der Waals surface area contributed by atoms with Crippen LogP contribution in [0.5, 0.6) is 0 Å². The monoisotopic (exact) mass is 342 g/mol. The lowest BCUT2D eigenvalue weighted by atomic mass is 9.98. The van der Waals surface area contributed by atoms with Gasteiger partial charge in [-0.3, -0.25) is 4.79 Å². The number of aryl methyl sites for hydroxylation is 1. The normalized spacial score (nSPS) is 11.5. The lowest BCUT2D eigenvalue weighted by Gasteiger charge is -2.13. The summed E-state index contributed by atoms with van der Waals surface area (Å²) in [6, 6.07) is 5.65. The summed E-state index contributed by atoms with van der Waals surface area (Å²) in [7, 11) is 0. The second-order valence-corrected chi connectivity index (χ2v) is 7.52. The molecule has 2 heterocycles. The second-order valence-electron chi connectivity index (χ2n) is 6.49. The second kappa shape index (κ2) is 6.12. The number of nitrogens with zero attached hydrogens (tertiary/aromatic N) is 5. The van der Waals surface area contributed by atoms with Gasteiger partial charge in [0.25, 0.3) is 5.91 Å². The summed E-state index contributed by atoms with van der Waals surface area (Å²) in [4.78, 5) is 17.5. The van der Waals surface area contributed by atoms with Gasteiger partial charge >= 0.3 is 0 Å². The number of carbonyl (C=O) groups excluding carboxylic acids is 1. The standard InChI is InChI=1S/C16H18N6OS/c1-10-5-6-11(22-9-18-20-21-22)7-12(10)19-14(23)13-8-17-15(24-13)16(2,3)4/h5-9H,1-4H3,(H,19,23). The Bertz CT molecular complexity index is 863. The van der Waals surface area contributed by atoms with Crippen LogP contribution in [0.3, 0.4) is 0 Å². The maximum absolute atomic E-state index is 12.5. The Kier molecular flexibility index (Phi) is 4.15. The third kappa shape index (κ3) is 3.33. The maximum Gasteiger partial charge on any atom is 0.267 e. The molecule has 0 atom stereocenters. The average molecular weight is 342 g/mol. The van der Waals surface area contributed by atoms with E-state index in [1.807, 2.05) is 25.1 Å². The first-order valence-electron chi connectivity index (χ1n) is 7.46. The van der Waals surface area contributed by atoms with E-state index in [1.54, 1.807) is 10.9 Å². The van der Waals surface area contributed by atoms with Crippen LogP contribution in [0.1, 0.15) is 41.0 Å². The van der Waals surface area contributed by atoms with Gasteiger partial charge in [0.1, 0.15) is 11.2 Å². The van der Waals surface area contributed by atoms with Crippen molar-refractivity contribution in [3.05, 3.63) is 46.2 Å². The summed E-state index contributed by atoms with van der Waals surface area (Å²) in [5.74, 6) is -0.167. The van der Waals surface area contributed by atoms with Crippen LogP contribution in [0.25, 0.3) is 5.69 Å². The molecule has 124 valence electrons. The molecule has 0 radical (unpaired) electrons. The fraction of sp³-hybridized carbons (Fsp3) is 0.312. The van der Waals surface area contributed by atoms with E-state index in [-0.39, 0.29) is 11.3 Å². The van der Waals surface area contributed by atoms with E-state index in [0.717, 1.165) is 21.9 Å². The van der Waals surface area contributed by atoms with E-state index in [0.29, 0.717) is 4.88 Å². The Morgan fingerprint density at radius 2 is 2.08 bits per heavy atom. The Hall–Kier alpha value is -2.61. The molecule has 3 rings (SSSR count). The van der Waals surface area contributed by atoms with Crippen LogP contribution in [-0.2, 0) is 5.41 Å². The molecule has 0 aliphatic rings. The molecule has 0 saturated heterocycles. The third-order valence-electron chi connectivity index (χ3n) is 3.45. The molecule has 2 aromatic heterocycles. The van der Waals surface area contributed by atoms with Crippen LogP contribution in [0.4, 0.5) is 5.69 Å². The van der Waals surface area contributed by atoms with Crippen molar-refractivity contribution >= 4 is 22.9 Å². The predicted octanol–water partition coefficient (Wildman–Crippen LogP) is 2.98. The topological polar surface area (TPSA) is 85.6 Å². The van der Waals surface area contributed by atoms with Gasteiger partial charge < -0.3 is 5.32 Å². The molecular weight excluding hydrogens is 324 g/mol.